The Morgan fingerprint density at radius 2 is 2.11 bits per heavy atom. The largest absolute Gasteiger partial charge is 0.479 e. The fourth-order valence-electron chi connectivity index (χ4n) is 2.05. The predicted octanol–water partition coefficient (Wildman–Crippen LogP) is 0.380. The number of rotatable bonds is 3. The van der Waals surface area contributed by atoms with Gasteiger partial charge in [0.1, 0.15) is 0 Å². The summed E-state index contributed by atoms with van der Waals surface area (Å²) in [5.41, 5.74) is 0.527. The first-order valence-electron chi connectivity index (χ1n) is 5.78. The van der Waals surface area contributed by atoms with Gasteiger partial charge < -0.3 is 14.7 Å². The Kier molecular flexibility index (Phi) is 3.77. The van der Waals surface area contributed by atoms with Crippen molar-refractivity contribution in [3.05, 3.63) is 24.3 Å². The van der Waals surface area contributed by atoms with Gasteiger partial charge in [-0.2, -0.15) is 0 Å². The number of para-hydroxylation sites is 1. The van der Waals surface area contributed by atoms with Gasteiger partial charge in [0.2, 0.25) is 0 Å². The topological polar surface area (TPSA) is 83.9 Å². The zero-order chi connectivity index (χ0) is 14.0. The third kappa shape index (κ3) is 3.05. The van der Waals surface area contributed by atoms with Gasteiger partial charge in [-0.1, -0.05) is 12.1 Å². The van der Waals surface area contributed by atoms with Crippen LogP contribution in [0.1, 0.15) is 0 Å². The number of carboxylic acid groups (broad SMARTS) is 1. The molecule has 0 spiro atoms. The first kappa shape index (κ1) is 13.8. The Bertz CT molecular complexity index is 584. The number of nitrogens with zero attached hydrogens (tertiary/aromatic N) is 1. The van der Waals surface area contributed by atoms with Crippen LogP contribution in [0.3, 0.4) is 0 Å². The van der Waals surface area contributed by atoms with E-state index in [-0.39, 0.29) is 18.0 Å². The first-order chi connectivity index (χ1) is 8.89. The minimum atomic E-state index is -3.35. The zero-order valence-corrected chi connectivity index (χ0v) is 11.3. The Balaban J connectivity index is 2.34. The fourth-order valence-corrected chi connectivity index (χ4v) is 2.95. The van der Waals surface area contributed by atoms with Crippen LogP contribution in [-0.4, -0.2) is 51.5 Å². The van der Waals surface area contributed by atoms with Gasteiger partial charge in [0.05, 0.1) is 23.7 Å². The number of hydrogen-bond acceptors (Lipinski definition) is 5. The number of anilines is 1. The number of hydrogen-bond donors (Lipinski definition) is 1. The van der Waals surface area contributed by atoms with E-state index in [0.29, 0.717) is 12.2 Å². The van der Waals surface area contributed by atoms with Crippen LogP contribution in [-0.2, 0) is 19.4 Å². The lowest BCUT2D eigenvalue weighted by atomic mass is 10.2. The molecular formula is C12H15NO5S. The molecule has 1 aliphatic rings. The number of sulfone groups is 1. The molecule has 1 fully saturated rings. The molecule has 1 saturated heterocycles. The van der Waals surface area contributed by atoms with Crippen molar-refractivity contribution in [1.82, 2.24) is 0 Å². The van der Waals surface area contributed by atoms with Crippen LogP contribution in [0.5, 0.6) is 0 Å². The monoisotopic (exact) mass is 285 g/mol. The second-order valence-electron chi connectivity index (χ2n) is 4.38. The summed E-state index contributed by atoms with van der Waals surface area (Å²) in [6.07, 6.45) is 0.211. The highest BCUT2D eigenvalue weighted by molar-refractivity contribution is 7.90. The molecule has 1 aromatic carbocycles. The summed E-state index contributed by atoms with van der Waals surface area (Å²) in [5, 5.41) is 8.96. The number of carboxylic acids is 1. The molecule has 6 nitrogen and oxygen atoms in total. The quantitative estimate of drug-likeness (QED) is 0.864. The van der Waals surface area contributed by atoms with Crippen molar-refractivity contribution >= 4 is 21.5 Å². The van der Waals surface area contributed by atoms with Crippen molar-refractivity contribution in [3.63, 3.8) is 0 Å². The lowest BCUT2D eigenvalue weighted by molar-refractivity contribution is -0.150. The predicted molar refractivity (Wildman–Crippen MR) is 69.1 cm³/mol. The highest BCUT2D eigenvalue weighted by atomic mass is 32.2. The van der Waals surface area contributed by atoms with Crippen LogP contribution in [0.25, 0.3) is 0 Å². The summed E-state index contributed by atoms with van der Waals surface area (Å²) in [5.74, 6) is -1.04. The summed E-state index contributed by atoms with van der Waals surface area (Å²) in [6, 6.07) is 6.58. The van der Waals surface area contributed by atoms with E-state index in [9.17, 15) is 13.2 Å². The zero-order valence-electron chi connectivity index (χ0n) is 10.4. The highest BCUT2D eigenvalue weighted by Crippen LogP contribution is 2.26. The van der Waals surface area contributed by atoms with Gasteiger partial charge >= 0.3 is 5.97 Å². The summed E-state index contributed by atoms with van der Waals surface area (Å²) < 4.78 is 28.6. The van der Waals surface area contributed by atoms with E-state index in [1.54, 1.807) is 23.1 Å². The Labute approximate surface area is 111 Å². The van der Waals surface area contributed by atoms with Crippen LogP contribution in [0.15, 0.2) is 29.2 Å². The standard InChI is InChI=1S/C12H15NO5S/c1-19(16,17)11-5-3-2-4-9(11)13-6-7-18-10(8-13)12(14)15/h2-5,10H,6-8H2,1H3,(H,14,15). The molecule has 1 aromatic rings. The normalized spacial score (nSPS) is 20.3. The molecule has 104 valence electrons. The van der Waals surface area contributed by atoms with Crippen molar-refractivity contribution in [1.29, 1.82) is 0 Å². The second kappa shape index (κ2) is 5.18. The Morgan fingerprint density at radius 3 is 2.74 bits per heavy atom. The van der Waals surface area contributed by atoms with Gasteiger partial charge in [0.25, 0.3) is 0 Å². The Hall–Kier alpha value is -1.60. The first-order valence-corrected chi connectivity index (χ1v) is 7.67. The van der Waals surface area contributed by atoms with E-state index in [2.05, 4.69) is 0 Å². The number of benzene rings is 1. The molecule has 0 bridgehead atoms. The molecule has 1 unspecified atom stereocenters. The molecule has 2 rings (SSSR count). The molecule has 0 aliphatic carbocycles. The number of ether oxygens (including phenoxy) is 1. The van der Waals surface area contributed by atoms with Gasteiger partial charge in [-0.05, 0) is 12.1 Å². The fraction of sp³-hybridized carbons (Fsp3) is 0.417. The molecule has 1 atom stereocenters. The maximum Gasteiger partial charge on any atom is 0.334 e. The van der Waals surface area contributed by atoms with E-state index in [1.165, 1.54) is 6.07 Å². The lowest BCUT2D eigenvalue weighted by Gasteiger charge is -2.33. The van der Waals surface area contributed by atoms with Crippen molar-refractivity contribution in [2.45, 2.75) is 11.0 Å². The van der Waals surface area contributed by atoms with E-state index in [4.69, 9.17) is 9.84 Å². The average molecular weight is 285 g/mol. The minimum Gasteiger partial charge on any atom is -0.479 e. The van der Waals surface area contributed by atoms with Gasteiger partial charge in [-0.3, -0.25) is 0 Å². The van der Waals surface area contributed by atoms with Crippen LogP contribution >= 0.6 is 0 Å². The van der Waals surface area contributed by atoms with Crippen molar-refractivity contribution in [2.24, 2.45) is 0 Å². The van der Waals surface area contributed by atoms with Crippen molar-refractivity contribution in [3.8, 4) is 0 Å². The molecule has 19 heavy (non-hydrogen) atoms. The molecule has 0 saturated carbocycles. The van der Waals surface area contributed by atoms with Crippen LogP contribution in [0.2, 0.25) is 0 Å². The van der Waals surface area contributed by atoms with E-state index < -0.39 is 21.9 Å². The molecular weight excluding hydrogens is 270 g/mol. The second-order valence-corrected chi connectivity index (χ2v) is 6.37. The van der Waals surface area contributed by atoms with Gasteiger partial charge in [0, 0.05) is 12.8 Å². The Morgan fingerprint density at radius 1 is 1.42 bits per heavy atom. The summed E-state index contributed by atoms with van der Waals surface area (Å²) in [4.78, 5) is 12.9. The van der Waals surface area contributed by atoms with Crippen molar-refractivity contribution < 1.29 is 23.1 Å². The van der Waals surface area contributed by atoms with E-state index in [1.807, 2.05) is 0 Å². The summed E-state index contributed by atoms with van der Waals surface area (Å²) in [7, 11) is -3.35. The summed E-state index contributed by atoms with van der Waals surface area (Å²) in [6.45, 7) is 0.868. The molecule has 1 heterocycles. The maximum absolute atomic E-state index is 11.7. The van der Waals surface area contributed by atoms with Crippen LogP contribution < -0.4 is 4.90 Å². The van der Waals surface area contributed by atoms with E-state index >= 15 is 0 Å². The van der Waals surface area contributed by atoms with Crippen molar-refractivity contribution in [2.75, 3.05) is 30.9 Å². The summed E-state index contributed by atoms with van der Waals surface area (Å²) >= 11 is 0. The van der Waals surface area contributed by atoms with Gasteiger partial charge in [0.15, 0.2) is 15.9 Å². The van der Waals surface area contributed by atoms with Crippen LogP contribution in [0, 0.1) is 0 Å². The highest BCUT2D eigenvalue weighted by Gasteiger charge is 2.28. The number of carbonyl (C=O) groups is 1. The molecule has 1 N–H and O–H groups in total. The minimum absolute atomic E-state index is 0.141. The molecule has 0 radical (unpaired) electrons. The molecule has 0 aromatic heterocycles. The van der Waals surface area contributed by atoms with Gasteiger partial charge in [-0.15, -0.1) is 0 Å². The maximum atomic E-state index is 11.7. The third-order valence-corrected chi connectivity index (χ3v) is 4.09. The van der Waals surface area contributed by atoms with Gasteiger partial charge in [-0.25, -0.2) is 13.2 Å². The van der Waals surface area contributed by atoms with Crippen LogP contribution in [0.4, 0.5) is 5.69 Å². The molecule has 1 aliphatic heterocycles. The SMILES string of the molecule is CS(=O)(=O)c1ccccc1N1CCOC(C(=O)O)C1. The molecule has 0 amide bonds. The third-order valence-electron chi connectivity index (χ3n) is 2.95. The number of morpholine rings is 1. The van der Waals surface area contributed by atoms with E-state index in [0.717, 1.165) is 6.26 Å². The molecule has 7 heteroatoms. The average Bonchev–Trinajstić information content (AvgIpc) is 2.38. The lowest BCUT2D eigenvalue weighted by Crippen LogP contribution is -2.46. The number of aliphatic carboxylic acids is 1. The smallest absolute Gasteiger partial charge is 0.334 e.